The van der Waals surface area contributed by atoms with Gasteiger partial charge < -0.3 is 9.84 Å². The number of sulfonamides is 1. The molecule has 5 nitrogen and oxygen atoms in total. The van der Waals surface area contributed by atoms with Crippen molar-refractivity contribution in [1.82, 2.24) is 0 Å². The van der Waals surface area contributed by atoms with Crippen LogP contribution in [0, 0.1) is 0 Å². The summed E-state index contributed by atoms with van der Waals surface area (Å²) in [5.74, 6) is -0.111. The number of phenols is 1. The van der Waals surface area contributed by atoms with Gasteiger partial charge in [-0.2, -0.15) is 0 Å². The minimum absolute atomic E-state index is 0.111. The minimum atomic E-state index is -3.81. The van der Waals surface area contributed by atoms with Crippen molar-refractivity contribution in [1.29, 1.82) is 0 Å². The predicted molar refractivity (Wildman–Crippen MR) is 103 cm³/mol. The molecule has 1 heterocycles. The summed E-state index contributed by atoms with van der Waals surface area (Å²) >= 11 is 0. The number of fused-ring (bicyclic) bond motifs is 1. The van der Waals surface area contributed by atoms with Gasteiger partial charge in [0.1, 0.15) is 5.75 Å². The topological polar surface area (TPSA) is 75.6 Å². The maximum atomic E-state index is 12.8. The molecule has 0 fully saturated rings. The molecule has 27 heavy (non-hydrogen) atoms. The zero-order valence-electron chi connectivity index (χ0n) is 14.6. The molecule has 0 saturated carbocycles. The molecule has 0 bridgehead atoms. The number of aromatic hydroxyl groups is 1. The van der Waals surface area contributed by atoms with Crippen LogP contribution in [0.2, 0.25) is 0 Å². The van der Waals surface area contributed by atoms with E-state index in [0.717, 1.165) is 22.3 Å². The normalized spacial score (nSPS) is 13.3. The summed E-state index contributed by atoms with van der Waals surface area (Å²) in [6, 6.07) is 19.8. The fraction of sp³-hybridized carbons (Fsp3) is 0.143. The number of rotatable bonds is 5. The Hall–Kier alpha value is -2.83. The fourth-order valence-corrected chi connectivity index (χ4v) is 4.24. The van der Waals surface area contributed by atoms with Crippen LogP contribution in [0.1, 0.15) is 22.3 Å². The van der Waals surface area contributed by atoms with Crippen LogP contribution in [0.15, 0.2) is 71.6 Å². The zero-order chi connectivity index (χ0) is 18.9. The van der Waals surface area contributed by atoms with Crippen molar-refractivity contribution in [2.45, 2.75) is 24.5 Å². The highest BCUT2D eigenvalue weighted by Gasteiger charge is 2.20. The molecule has 0 saturated heterocycles. The SMILES string of the molecule is O=S(=O)(Nc1cc(Cc2ccccc2)ccc1O)c1ccc2c(c1)COC2. The Morgan fingerprint density at radius 3 is 2.48 bits per heavy atom. The molecular weight excluding hydrogens is 362 g/mol. The van der Waals surface area contributed by atoms with Gasteiger partial charge in [-0.15, -0.1) is 0 Å². The van der Waals surface area contributed by atoms with Crippen LogP contribution in [0.4, 0.5) is 5.69 Å². The lowest BCUT2D eigenvalue weighted by Gasteiger charge is -2.12. The maximum Gasteiger partial charge on any atom is 0.262 e. The summed E-state index contributed by atoms with van der Waals surface area (Å²) in [6.45, 7) is 0.919. The summed E-state index contributed by atoms with van der Waals surface area (Å²) in [5, 5.41) is 10.1. The Labute approximate surface area is 158 Å². The molecule has 6 heteroatoms. The number of hydrogen-bond donors (Lipinski definition) is 2. The molecule has 0 amide bonds. The van der Waals surface area contributed by atoms with E-state index < -0.39 is 10.0 Å². The Bertz CT molecular complexity index is 1080. The molecule has 3 aromatic rings. The quantitative estimate of drug-likeness (QED) is 0.659. The average molecular weight is 381 g/mol. The molecule has 0 atom stereocenters. The molecule has 0 unspecified atom stereocenters. The Kier molecular flexibility index (Phi) is 4.59. The number of ether oxygens (including phenoxy) is 1. The third kappa shape index (κ3) is 3.82. The number of nitrogens with one attached hydrogen (secondary N) is 1. The van der Waals surface area contributed by atoms with Crippen LogP contribution in [0.25, 0.3) is 0 Å². The molecule has 0 aliphatic carbocycles. The Morgan fingerprint density at radius 2 is 1.67 bits per heavy atom. The second kappa shape index (κ2) is 7.06. The Balaban J connectivity index is 1.60. The highest BCUT2D eigenvalue weighted by atomic mass is 32.2. The molecule has 1 aliphatic rings. The van der Waals surface area contributed by atoms with E-state index in [2.05, 4.69) is 4.72 Å². The van der Waals surface area contributed by atoms with Crippen LogP contribution in [0.5, 0.6) is 5.75 Å². The molecule has 4 rings (SSSR count). The van der Waals surface area contributed by atoms with Gasteiger partial charge in [-0.3, -0.25) is 4.72 Å². The average Bonchev–Trinajstić information content (AvgIpc) is 3.13. The third-order valence-corrected chi connectivity index (χ3v) is 5.92. The van der Waals surface area contributed by atoms with Gasteiger partial charge in [-0.1, -0.05) is 42.5 Å². The lowest BCUT2D eigenvalue weighted by atomic mass is 10.0. The summed E-state index contributed by atoms with van der Waals surface area (Å²) in [6.07, 6.45) is 0.645. The number of benzene rings is 3. The van der Waals surface area contributed by atoms with E-state index in [1.807, 2.05) is 30.3 Å². The van der Waals surface area contributed by atoms with Gasteiger partial charge >= 0.3 is 0 Å². The van der Waals surface area contributed by atoms with Crippen molar-refractivity contribution < 1.29 is 18.3 Å². The van der Waals surface area contributed by atoms with E-state index in [1.165, 1.54) is 6.07 Å². The standard InChI is InChI=1S/C21H19NO4S/c23-21-9-6-16(10-15-4-2-1-3-5-15)11-20(21)22-27(24,25)19-8-7-17-13-26-14-18(17)12-19/h1-9,11-12,22-23H,10,13-14H2. The first-order valence-corrected chi connectivity index (χ1v) is 10.1. The van der Waals surface area contributed by atoms with Crippen molar-refractivity contribution in [3.63, 3.8) is 0 Å². The maximum absolute atomic E-state index is 12.8. The number of anilines is 1. The van der Waals surface area contributed by atoms with Gasteiger partial charge in [-0.25, -0.2) is 8.42 Å². The Morgan fingerprint density at radius 1 is 0.889 bits per heavy atom. The monoisotopic (exact) mass is 381 g/mol. The summed E-state index contributed by atoms with van der Waals surface area (Å²) in [5.41, 5.74) is 4.05. The minimum Gasteiger partial charge on any atom is -0.506 e. The van der Waals surface area contributed by atoms with Crippen molar-refractivity contribution >= 4 is 15.7 Å². The molecule has 138 valence electrons. The largest absolute Gasteiger partial charge is 0.506 e. The van der Waals surface area contributed by atoms with Gasteiger partial charge in [-0.05, 0) is 52.9 Å². The second-order valence-electron chi connectivity index (χ2n) is 6.54. The molecular formula is C21H19NO4S. The van der Waals surface area contributed by atoms with Crippen molar-refractivity contribution in [2.75, 3.05) is 4.72 Å². The zero-order valence-corrected chi connectivity index (χ0v) is 15.4. The highest BCUT2D eigenvalue weighted by molar-refractivity contribution is 7.92. The van der Waals surface area contributed by atoms with Gasteiger partial charge in [0.15, 0.2) is 0 Å². The van der Waals surface area contributed by atoms with Crippen LogP contribution in [-0.2, 0) is 34.4 Å². The third-order valence-electron chi connectivity index (χ3n) is 4.56. The number of hydrogen-bond acceptors (Lipinski definition) is 4. The smallest absolute Gasteiger partial charge is 0.262 e. The molecule has 0 spiro atoms. The summed E-state index contributed by atoms with van der Waals surface area (Å²) < 4.78 is 33.4. The van der Waals surface area contributed by atoms with Crippen LogP contribution < -0.4 is 4.72 Å². The van der Waals surface area contributed by atoms with Crippen LogP contribution in [-0.4, -0.2) is 13.5 Å². The molecule has 0 radical (unpaired) electrons. The van der Waals surface area contributed by atoms with E-state index in [4.69, 9.17) is 4.74 Å². The lowest BCUT2D eigenvalue weighted by molar-refractivity contribution is 0.134. The molecule has 3 aromatic carbocycles. The van der Waals surface area contributed by atoms with E-state index in [-0.39, 0.29) is 16.3 Å². The van der Waals surface area contributed by atoms with Crippen molar-refractivity contribution in [3.05, 3.63) is 89.0 Å². The van der Waals surface area contributed by atoms with Gasteiger partial charge in [0, 0.05) is 0 Å². The van der Waals surface area contributed by atoms with E-state index >= 15 is 0 Å². The number of phenolic OH excluding ortho intramolecular Hbond substituents is 1. The van der Waals surface area contributed by atoms with Gasteiger partial charge in [0.05, 0.1) is 23.8 Å². The molecule has 1 aliphatic heterocycles. The van der Waals surface area contributed by atoms with Gasteiger partial charge in [0.2, 0.25) is 0 Å². The first-order chi connectivity index (χ1) is 13.0. The van der Waals surface area contributed by atoms with E-state index in [0.29, 0.717) is 19.6 Å². The molecule has 2 N–H and O–H groups in total. The predicted octanol–water partition coefficient (Wildman–Crippen LogP) is 3.81. The summed E-state index contributed by atoms with van der Waals surface area (Å²) in [4.78, 5) is 0.152. The van der Waals surface area contributed by atoms with Crippen molar-refractivity contribution in [2.24, 2.45) is 0 Å². The van der Waals surface area contributed by atoms with E-state index in [1.54, 1.807) is 30.3 Å². The van der Waals surface area contributed by atoms with Crippen LogP contribution >= 0.6 is 0 Å². The highest BCUT2D eigenvalue weighted by Crippen LogP contribution is 2.29. The fourth-order valence-electron chi connectivity index (χ4n) is 3.13. The first-order valence-electron chi connectivity index (χ1n) is 8.59. The van der Waals surface area contributed by atoms with Crippen LogP contribution in [0.3, 0.4) is 0 Å². The van der Waals surface area contributed by atoms with E-state index in [9.17, 15) is 13.5 Å². The van der Waals surface area contributed by atoms with Crippen molar-refractivity contribution in [3.8, 4) is 5.75 Å². The summed E-state index contributed by atoms with van der Waals surface area (Å²) in [7, 11) is -3.81. The molecule has 0 aromatic heterocycles. The second-order valence-corrected chi connectivity index (χ2v) is 8.23. The van der Waals surface area contributed by atoms with Gasteiger partial charge in [0.25, 0.3) is 10.0 Å². The first kappa shape index (κ1) is 17.6. The lowest BCUT2D eigenvalue weighted by Crippen LogP contribution is -2.13.